The average molecular weight is 526 g/mol. The molecule has 0 bridgehead atoms. The van der Waals surface area contributed by atoms with Crippen molar-refractivity contribution in [2.45, 2.75) is 89.3 Å². The SMILES string of the molecule is CC(C)(C)OC(=O)NC1CCC(CN2CC3(CCN(Cc4ccc(C(F)(F)F)cc4)CC3)OC2=O)CC1. The molecule has 2 amide bonds. The van der Waals surface area contributed by atoms with Crippen LogP contribution in [0.4, 0.5) is 22.8 Å². The van der Waals surface area contributed by atoms with Crippen LogP contribution in [0.5, 0.6) is 0 Å². The van der Waals surface area contributed by atoms with E-state index < -0.39 is 22.9 Å². The van der Waals surface area contributed by atoms with Gasteiger partial charge in [-0.25, -0.2) is 9.59 Å². The highest BCUT2D eigenvalue weighted by Crippen LogP contribution is 2.36. The number of alkyl carbamates (subject to hydrolysis) is 1. The maximum Gasteiger partial charge on any atom is 0.416 e. The number of nitrogens with zero attached hydrogens (tertiary/aromatic N) is 2. The fourth-order valence-corrected chi connectivity index (χ4v) is 5.54. The molecule has 3 aliphatic rings. The molecule has 1 aromatic carbocycles. The molecule has 2 aliphatic heterocycles. The maximum absolute atomic E-state index is 12.8. The van der Waals surface area contributed by atoms with Crippen molar-refractivity contribution in [3.8, 4) is 0 Å². The minimum absolute atomic E-state index is 0.0944. The monoisotopic (exact) mass is 525 g/mol. The van der Waals surface area contributed by atoms with E-state index in [4.69, 9.17) is 9.47 Å². The van der Waals surface area contributed by atoms with Crippen LogP contribution in [0, 0.1) is 5.92 Å². The summed E-state index contributed by atoms with van der Waals surface area (Å²) in [5, 5.41) is 2.95. The van der Waals surface area contributed by atoms with Gasteiger partial charge in [-0.2, -0.15) is 13.2 Å². The van der Waals surface area contributed by atoms with E-state index in [-0.39, 0.29) is 18.2 Å². The molecule has 2 heterocycles. The molecule has 206 valence electrons. The van der Waals surface area contributed by atoms with Crippen LogP contribution in [0.3, 0.4) is 0 Å². The van der Waals surface area contributed by atoms with Crippen molar-refractivity contribution in [3.63, 3.8) is 0 Å². The van der Waals surface area contributed by atoms with Gasteiger partial charge in [-0.05, 0) is 70.1 Å². The number of hydrogen-bond donors (Lipinski definition) is 1. The molecule has 4 rings (SSSR count). The molecule has 1 aliphatic carbocycles. The van der Waals surface area contributed by atoms with Crippen molar-refractivity contribution >= 4 is 12.2 Å². The molecule has 2 saturated heterocycles. The van der Waals surface area contributed by atoms with Gasteiger partial charge >= 0.3 is 18.4 Å². The number of carbonyl (C=O) groups is 2. The summed E-state index contributed by atoms with van der Waals surface area (Å²) in [6.07, 6.45) is 0.0234. The summed E-state index contributed by atoms with van der Waals surface area (Å²) < 4.78 is 49.6. The van der Waals surface area contributed by atoms with Gasteiger partial charge in [-0.3, -0.25) is 4.90 Å². The maximum atomic E-state index is 12.8. The largest absolute Gasteiger partial charge is 0.444 e. The van der Waals surface area contributed by atoms with E-state index in [0.717, 1.165) is 56.5 Å². The summed E-state index contributed by atoms with van der Waals surface area (Å²) in [5.41, 5.74) is -0.806. The van der Waals surface area contributed by atoms with Crippen LogP contribution in [0.15, 0.2) is 24.3 Å². The van der Waals surface area contributed by atoms with E-state index in [1.165, 1.54) is 12.1 Å². The minimum atomic E-state index is -4.33. The van der Waals surface area contributed by atoms with Gasteiger partial charge in [0.05, 0.1) is 12.1 Å². The van der Waals surface area contributed by atoms with Crippen LogP contribution in [0.1, 0.15) is 70.4 Å². The third kappa shape index (κ3) is 7.52. The first-order chi connectivity index (χ1) is 17.3. The first-order valence-corrected chi connectivity index (χ1v) is 13.2. The molecule has 1 N–H and O–H groups in total. The highest BCUT2D eigenvalue weighted by molar-refractivity contribution is 5.70. The highest BCUT2D eigenvalue weighted by Gasteiger charge is 2.47. The Kier molecular flexibility index (Phi) is 7.97. The van der Waals surface area contributed by atoms with Crippen molar-refractivity contribution in [1.29, 1.82) is 0 Å². The summed E-state index contributed by atoms with van der Waals surface area (Å²) in [6, 6.07) is 5.40. The summed E-state index contributed by atoms with van der Waals surface area (Å²) in [6.45, 7) is 8.79. The van der Waals surface area contributed by atoms with Gasteiger partial charge < -0.3 is 19.7 Å². The third-order valence-corrected chi connectivity index (χ3v) is 7.54. The van der Waals surface area contributed by atoms with Crippen LogP contribution in [-0.2, 0) is 22.2 Å². The van der Waals surface area contributed by atoms with E-state index in [1.807, 2.05) is 25.7 Å². The highest BCUT2D eigenvalue weighted by atomic mass is 19.4. The van der Waals surface area contributed by atoms with Crippen molar-refractivity contribution in [3.05, 3.63) is 35.4 Å². The molecule has 0 radical (unpaired) electrons. The number of benzene rings is 1. The fraction of sp³-hybridized carbons (Fsp3) is 0.704. The lowest BCUT2D eigenvalue weighted by Crippen LogP contribution is -2.47. The molecule has 1 saturated carbocycles. The smallest absolute Gasteiger partial charge is 0.416 e. The van der Waals surface area contributed by atoms with Crippen molar-refractivity contribution in [2.24, 2.45) is 5.92 Å². The number of halogens is 3. The Balaban J connectivity index is 1.20. The molecule has 1 spiro atoms. The van der Waals surface area contributed by atoms with Gasteiger partial charge in [0.1, 0.15) is 11.2 Å². The molecule has 1 aromatic rings. The van der Waals surface area contributed by atoms with E-state index >= 15 is 0 Å². The normalized spacial score (nSPS) is 24.7. The molecule has 10 heteroatoms. The number of rotatable bonds is 5. The molecular weight excluding hydrogens is 487 g/mol. The van der Waals surface area contributed by atoms with Crippen LogP contribution in [0.25, 0.3) is 0 Å². The summed E-state index contributed by atoms with van der Waals surface area (Å²) in [5.74, 6) is 0.374. The third-order valence-electron chi connectivity index (χ3n) is 7.54. The zero-order valence-electron chi connectivity index (χ0n) is 21.9. The quantitative estimate of drug-likeness (QED) is 0.544. The van der Waals surface area contributed by atoms with E-state index in [0.29, 0.717) is 38.4 Å². The Morgan fingerprint density at radius 3 is 2.27 bits per heavy atom. The number of amides is 2. The molecule has 7 nitrogen and oxygen atoms in total. The number of ether oxygens (including phenoxy) is 2. The lowest BCUT2D eigenvalue weighted by molar-refractivity contribution is -0.137. The second-order valence-electron chi connectivity index (χ2n) is 11.8. The summed E-state index contributed by atoms with van der Waals surface area (Å²) in [4.78, 5) is 28.7. The first-order valence-electron chi connectivity index (χ1n) is 13.2. The molecule has 0 aromatic heterocycles. The number of hydrogen-bond acceptors (Lipinski definition) is 5. The number of nitrogens with one attached hydrogen (secondary N) is 1. The topological polar surface area (TPSA) is 71.1 Å². The van der Waals surface area contributed by atoms with Gasteiger partial charge in [0.15, 0.2) is 0 Å². The number of carbonyl (C=O) groups excluding carboxylic acids is 2. The number of alkyl halides is 3. The van der Waals surface area contributed by atoms with Gasteiger partial charge in [0.2, 0.25) is 0 Å². The van der Waals surface area contributed by atoms with Crippen molar-refractivity contribution in [2.75, 3.05) is 26.2 Å². The van der Waals surface area contributed by atoms with Gasteiger partial charge in [0.25, 0.3) is 0 Å². The van der Waals surface area contributed by atoms with Crippen LogP contribution < -0.4 is 5.32 Å². The summed E-state index contributed by atoms with van der Waals surface area (Å²) in [7, 11) is 0. The Morgan fingerprint density at radius 2 is 1.70 bits per heavy atom. The minimum Gasteiger partial charge on any atom is -0.444 e. The standard InChI is InChI=1S/C27H38F3N3O4/c1-25(2,3)36-23(34)31-22-10-6-20(7-11-22)17-33-18-26(37-24(33)35)12-14-32(15-13-26)16-19-4-8-21(9-5-19)27(28,29)30/h4-5,8-9,20,22H,6-7,10-18H2,1-3H3,(H,31,34). The van der Waals surface area contributed by atoms with Crippen LogP contribution in [0.2, 0.25) is 0 Å². The fourth-order valence-electron chi connectivity index (χ4n) is 5.54. The Hall–Kier alpha value is -2.49. The number of likely N-dealkylation sites (tertiary alicyclic amines) is 1. The van der Waals surface area contributed by atoms with E-state index in [2.05, 4.69) is 10.2 Å². The van der Waals surface area contributed by atoms with Crippen LogP contribution in [-0.4, -0.2) is 65.4 Å². The van der Waals surface area contributed by atoms with Gasteiger partial charge in [-0.15, -0.1) is 0 Å². The molecular formula is C27H38F3N3O4. The van der Waals surface area contributed by atoms with E-state index in [9.17, 15) is 22.8 Å². The first kappa shape index (κ1) is 27.5. The summed E-state index contributed by atoms with van der Waals surface area (Å²) >= 11 is 0. The predicted molar refractivity (Wildman–Crippen MR) is 132 cm³/mol. The van der Waals surface area contributed by atoms with Crippen molar-refractivity contribution < 1.29 is 32.2 Å². The number of piperidine rings is 1. The van der Waals surface area contributed by atoms with Gasteiger partial charge in [-0.1, -0.05) is 12.1 Å². The Labute approximate surface area is 216 Å². The van der Waals surface area contributed by atoms with Crippen molar-refractivity contribution in [1.82, 2.24) is 15.1 Å². The van der Waals surface area contributed by atoms with Crippen LogP contribution >= 0.6 is 0 Å². The zero-order chi connectivity index (χ0) is 26.8. The van der Waals surface area contributed by atoms with Gasteiger partial charge in [0, 0.05) is 45.1 Å². The lowest BCUT2D eigenvalue weighted by Gasteiger charge is -2.37. The average Bonchev–Trinajstić information content (AvgIpc) is 3.10. The Bertz CT molecular complexity index is 945. The molecule has 3 fully saturated rings. The molecule has 0 unspecified atom stereocenters. The van der Waals surface area contributed by atoms with E-state index in [1.54, 1.807) is 0 Å². The molecule has 0 atom stereocenters. The lowest BCUT2D eigenvalue weighted by atomic mass is 9.85. The molecule has 37 heavy (non-hydrogen) atoms. The predicted octanol–water partition coefficient (Wildman–Crippen LogP) is 5.58. The second kappa shape index (κ2) is 10.7. The Morgan fingerprint density at radius 1 is 1.08 bits per heavy atom. The zero-order valence-corrected chi connectivity index (χ0v) is 21.9. The second-order valence-corrected chi connectivity index (χ2v) is 11.8.